The van der Waals surface area contributed by atoms with Gasteiger partial charge < -0.3 is 15.0 Å². The number of benzene rings is 1. The van der Waals surface area contributed by atoms with E-state index >= 15 is 0 Å². The van der Waals surface area contributed by atoms with Crippen LogP contribution in [-0.2, 0) is 0 Å². The van der Waals surface area contributed by atoms with Gasteiger partial charge in [0.2, 0.25) is 0 Å². The molecule has 1 aromatic rings. The number of likely N-dealkylation sites (tertiary alicyclic amines) is 1. The third kappa shape index (κ3) is 3.41. The molecule has 0 amide bonds. The smallest absolute Gasteiger partial charge is 0.118 e. The average Bonchev–Trinajstić information content (AvgIpc) is 2.44. The van der Waals surface area contributed by atoms with Crippen molar-refractivity contribution in [3.05, 3.63) is 29.8 Å². The molecule has 1 aliphatic heterocycles. The number of nitrogens with zero attached hydrogens (tertiary/aromatic N) is 1. The quantitative estimate of drug-likeness (QED) is 0.922. The lowest BCUT2D eigenvalue weighted by Gasteiger charge is -2.43. The first-order valence-corrected chi connectivity index (χ1v) is 8.24. The van der Waals surface area contributed by atoms with Crippen LogP contribution in [0.1, 0.15) is 37.7 Å². The Labute approximate surface area is 128 Å². The van der Waals surface area contributed by atoms with Crippen molar-refractivity contribution < 1.29 is 4.74 Å². The van der Waals surface area contributed by atoms with E-state index in [9.17, 15) is 0 Å². The second-order valence-electron chi connectivity index (χ2n) is 6.94. The third-order valence-corrected chi connectivity index (χ3v) is 5.28. The Bertz CT molecular complexity index is 453. The fourth-order valence-electron chi connectivity index (χ4n) is 3.81. The summed E-state index contributed by atoms with van der Waals surface area (Å²) in [4.78, 5) is 2.45. The molecular formula is C18H28N2O. The minimum atomic E-state index is 0.711. The second kappa shape index (κ2) is 6.37. The van der Waals surface area contributed by atoms with Gasteiger partial charge in [-0.1, -0.05) is 19.1 Å². The third-order valence-electron chi connectivity index (χ3n) is 5.28. The number of hydrogen-bond donors (Lipinski definition) is 1. The van der Waals surface area contributed by atoms with E-state index in [2.05, 4.69) is 48.5 Å². The van der Waals surface area contributed by atoms with Crippen molar-refractivity contribution in [2.45, 2.75) is 44.2 Å². The Morgan fingerprint density at radius 1 is 1.19 bits per heavy atom. The summed E-state index contributed by atoms with van der Waals surface area (Å²) in [6.07, 6.45) is 3.86. The number of piperidine rings is 1. The summed E-state index contributed by atoms with van der Waals surface area (Å²) in [6, 6.07) is 10.0. The molecule has 0 radical (unpaired) electrons. The van der Waals surface area contributed by atoms with Crippen LogP contribution in [0.2, 0.25) is 0 Å². The molecule has 1 saturated carbocycles. The van der Waals surface area contributed by atoms with Crippen molar-refractivity contribution in [2.75, 3.05) is 27.2 Å². The van der Waals surface area contributed by atoms with Gasteiger partial charge in [-0.25, -0.2) is 0 Å². The fraction of sp³-hybridized carbons (Fsp3) is 0.667. The predicted molar refractivity (Wildman–Crippen MR) is 87.0 cm³/mol. The van der Waals surface area contributed by atoms with Crippen molar-refractivity contribution in [1.29, 1.82) is 0 Å². The van der Waals surface area contributed by atoms with E-state index in [1.807, 2.05) is 0 Å². The summed E-state index contributed by atoms with van der Waals surface area (Å²) >= 11 is 0. The van der Waals surface area contributed by atoms with Crippen LogP contribution >= 0.6 is 0 Å². The van der Waals surface area contributed by atoms with Crippen LogP contribution in [0.5, 0.6) is 5.75 Å². The molecule has 1 saturated heterocycles. The van der Waals surface area contributed by atoms with Crippen molar-refractivity contribution in [1.82, 2.24) is 10.2 Å². The minimum absolute atomic E-state index is 0.711. The number of nitrogens with one attached hydrogen (secondary N) is 1. The monoisotopic (exact) mass is 288 g/mol. The molecule has 21 heavy (non-hydrogen) atoms. The average molecular weight is 288 g/mol. The van der Waals surface area contributed by atoms with Crippen molar-refractivity contribution in [3.63, 3.8) is 0 Å². The van der Waals surface area contributed by atoms with E-state index in [0.717, 1.165) is 17.6 Å². The van der Waals surface area contributed by atoms with E-state index in [1.165, 1.54) is 37.9 Å². The zero-order valence-corrected chi connectivity index (χ0v) is 13.5. The van der Waals surface area contributed by atoms with Crippen LogP contribution in [0.3, 0.4) is 0 Å². The minimum Gasteiger partial charge on any atom is -0.497 e. The largest absolute Gasteiger partial charge is 0.497 e. The molecule has 116 valence electrons. The number of rotatable bonds is 4. The first-order valence-electron chi connectivity index (χ1n) is 8.24. The Kier molecular flexibility index (Phi) is 4.51. The summed E-state index contributed by atoms with van der Waals surface area (Å²) in [5.74, 6) is 2.45. The molecule has 1 aliphatic carbocycles. The van der Waals surface area contributed by atoms with Crippen molar-refractivity contribution in [2.24, 2.45) is 5.92 Å². The predicted octanol–water partition coefficient (Wildman–Crippen LogP) is 2.87. The molecule has 3 heteroatoms. The summed E-state index contributed by atoms with van der Waals surface area (Å²) in [5.41, 5.74) is 1.46. The Balaban J connectivity index is 1.47. The first-order chi connectivity index (χ1) is 10.2. The molecule has 0 aromatic heterocycles. The summed E-state index contributed by atoms with van der Waals surface area (Å²) in [6.45, 7) is 4.84. The highest BCUT2D eigenvalue weighted by molar-refractivity contribution is 5.31. The summed E-state index contributed by atoms with van der Waals surface area (Å²) < 4.78 is 5.23. The molecule has 0 bridgehead atoms. The van der Waals surface area contributed by atoms with Gasteiger partial charge >= 0.3 is 0 Å². The molecule has 2 unspecified atom stereocenters. The SMILES string of the molecule is COc1ccc(C2CC(NC3CCN(C)CC3C)C2)cc1. The molecule has 3 rings (SSSR count). The van der Waals surface area contributed by atoms with Crippen LogP contribution in [0.25, 0.3) is 0 Å². The van der Waals surface area contributed by atoms with Gasteiger partial charge in [0.25, 0.3) is 0 Å². The van der Waals surface area contributed by atoms with Crippen LogP contribution in [0.15, 0.2) is 24.3 Å². The normalized spacial score (nSPS) is 33.5. The van der Waals surface area contributed by atoms with E-state index in [4.69, 9.17) is 4.74 Å². The molecule has 1 aromatic carbocycles. The maximum absolute atomic E-state index is 5.23. The topological polar surface area (TPSA) is 24.5 Å². The zero-order chi connectivity index (χ0) is 14.8. The highest BCUT2D eigenvalue weighted by Gasteiger charge is 2.34. The standard InChI is InChI=1S/C18H28N2O/c1-13-12-20(2)9-8-18(13)19-16-10-15(11-16)14-4-6-17(21-3)7-5-14/h4-7,13,15-16,18-19H,8-12H2,1-3H3. The maximum atomic E-state index is 5.23. The molecule has 0 spiro atoms. The van der Waals surface area contributed by atoms with Crippen molar-refractivity contribution >= 4 is 0 Å². The Hall–Kier alpha value is -1.06. The molecular weight excluding hydrogens is 260 g/mol. The Morgan fingerprint density at radius 2 is 1.90 bits per heavy atom. The number of methoxy groups -OCH3 is 1. The second-order valence-corrected chi connectivity index (χ2v) is 6.94. The van der Waals surface area contributed by atoms with Gasteiger partial charge in [0.1, 0.15) is 5.75 Å². The maximum Gasteiger partial charge on any atom is 0.118 e. The van der Waals surface area contributed by atoms with Gasteiger partial charge in [0, 0.05) is 18.6 Å². The van der Waals surface area contributed by atoms with Gasteiger partial charge in [-0.15, -0.1) is 0 Å². The van der Waals surface area contributed by atoms with E-state index in [0.29, 0.717) is 12.1 Å². The fourth-order valence-corrected chi connectivity index (χ4v) is 3.81. The van der Waals surface area contributed by atoms with Gasteiger partial charge in [0.05, 0.1) is 7.11 Å². The molecule has 2 atom stereocenters. The molecule has 2 fully saturated rings. The number of hydrogen-bond acceptors (Lipinski definition) is 3. The van der Waals surface area contributed by atoms with Gasteiger partial charge in [0.15, 0.2) is 0 Å². The van der Waals surface area contributed by atoms with Gasteiger partial charge in [-0.05, 0) is 62.4 Å². The lowest BCUT2D eigenvalue weighted by Crippen LogP contribution is -2.53. The lowest BCUT2D eigenvalue weighted by atomic mass is 9.75. The van der Waals surface area contributed by atoms with Crippen LogP contribution in [0, 0.1) is 5.92 Å². The van der Waals surface area contributed by atoms with E-state index in [1.54, 1.807) is 7.11 Å². The summed E-state index contributed by atoms with van der Waals surface area (Å²) in [5, 5.41) is 3.90. The van der Waals surface area contributed by atoms with E-state index in [-0.39, 0.29) is 0 Å². The summed E-state index contributed by atoms with van der Waals surface area (Å²) in [7, 11) is 3.96. The van der Waals surface area contributed by atoms with Crippen LogP contribution < -0.4 is 10.1 Å². The van der Waals surface area contributed by atoms with Crippen LogP contribution in [0.4, 0.5) is 0 Å². The van der Waals surface area contributed by atoms with Gasteiger partial charge in [-0.2, -0.15) is 0 Å². The zero-order valence-electron chi connectivity index (χ0n) is 13.5. The molecule has 1 N–H and O–H groups in total. The number of ether oxygens (including phenoxy) is 1. The van der Waals surface area contributed by atoms with Crippen molar-refractivity contribution in [3.8, 4) is 5.75 Å². The lowest BCUT2D eigenvalue weighted by molar-refractivity contribution is 0.145. The van der Waals surface area contributed by atoms with Crippen LogP contribution in [-0.4, -0.2) is 44.2 Å². The highest BCUT2D eigenvalue weighted by Crippen LogP contribution is 2.38. The van der Waals surface area contributed by atoms with E-state index < -0.39 is 0 Å². The molecule has 1 heterocycles. The first kappa shape index (κ1) is 14.9. The Morgan fingerprint density at radius 3 is 2.52 bits per heavy atom. The highest BCUT2D eigenvalue weighted by atomic mass is 16.5. The molecule has 3 nitrogen and oxygen atoms in total. The molecule has 2 aliphatic rings. The van der Waals surface area contributed by atoms with Gasteiger partial charge in [-0.3, -0.25) is 0 Å².